The van der Waals surface area contributed by atoms with Crippen molar-refractivity contribution in [1.82, 2.24) is 4.31 Å². The lowest BCUT2D eigenvalue weighted by Gasteiger charge is -2.36. The van der Waals surface area contributed by atoms with Crippen molar-refractivity contribution in [3.05, 3.63) is 28.8 Å². The average molecular weight is 343 g/mol. The summed E-state index contributed by atoms with van der Waals surface area (Å²) in [6.07, 6.45) is -3.42. The second kappa shape index (κ2) is 5.66. The first kappa shape index (κ1) is 16.4. The van der Waals surface area contributed by atoms with E-state index in [0.29, 0.717) is 0 Å². The standard InChI is InChI=1S/C12H14ClF3N2O2S/c1-21(19,20)18-6-4-17(5-7-18)11-3-2-9(13)8-10(11)12(14,15)16/h2-3,8H,4-7H2,1H3. The SMILES string of the molecule is CS(=O)(=O)N1CCN(c2ccc(Cl)cc2C(F)(F)F)CC1. The number of hydrogen-bond acceptors (Lipinski definition) is 3. The van der Waals surface area contributed by atoms with Gasteiger partial charge in [-0.25, -0.2) is 8.42 Å². The molecule has 118 valence electrons. The zero-order valence-corrected chi connectivity index (χ0v) is 12.8. The molecule has 0 bridgehead atoms. The van der Waals surface area contributed by atoms with Gasteiger partial charge < -0.3 is 4.90 Å². The molecule has 21 heavy (non-hydrogen) atoms. The molecule has 1 saturated heterocycles. The number of hydrogen-bond donors (Lipinski definition) is 0. The molecule has 0 aliphatic carbocycles. The van der Waals surface area contributed by atoms with E-state index in [9.17, 15) is 21.6 Å². The van der Waals surface area contributed by atoms with Crippen LogP contribution in [0.3, 0.4) is 0 Å². The molecule has 1 aromatic carbocycles. The average Bonchev–Trinajstić information content (AvgIpc) is 2.37. The number of benzene rings is 1. The first-order valence-corrected chi connectivity index (χ1v) is 8.38. The molecule has 0 saturated carbocycles. The van der Waals surface area contributed by atoms with Crippen LogP contribution in [-0.4, -0.2) is 45.2 Å². The van der Waals surface area contributed by atoms with Crippen LogP contribution in [0.25, 0.3) is 0 Å². The van der Waals surface area contributed by atoms with Crippen LogP contribution in [0, 0.1) is 0 Å². The highest BCUT2D eigenvalue weighted by atomic mass is 35.5. The molecule has 9 heteroatoms. The monoisotopic (exact) mass is 342 g/mol. The number of rotatable bonds is 2. The van der Waals surface area contributed by atoms with Crippen molar-refractivity contribution < 1.29 is 21.6 Å². The summed E-state index contributed by atoms with van der Waals surface area (Å²) in [6.45, 7) is 0.743. The lowest BCUT2D eigenvalue weighted by Crippen LogP contribution is -2.48. The molecule has 4 nitrogen and oxygen atoms in total. The highest BCUT2D eigenvalue weighted by Crippen LogP contribution is 2.38. The summed E-state index contributed by atoms with van der Waals surface area (Å²) < 4.78 is 63.3. The summed E-state index contributed by atoms with van der Waals surface area (Å²) in [5.74, 6) is 0. The highest BCUT2D eigenvalue weighted by Gasteiger charge is 2.36. The Morgan fingerprint density at radius 1 is 1.14 bits per heavy atom. The van der Waals surface area contributed by atoms with Crippen molar-refractivity contribution in [2.24, 2.45) is 0 Å². The number of nitrogens with zero attached hydrogens (tertiary/aromatic N) is 2. The number of piperazine rings is 1. The molecule has 1 aliphatic heterocycles. The van der Waals surface area contributed by atoms with Gasteiger partial charge in [-0.15, -0.1) is 0 Å². The van der Waals surface area contributed by atoms with Gasteiger partial charge in [0.15, 0.2) is 0 Å². The molecule has 0 amide bonds. The van der Waals surface area contributed by atoms with Gasteiger partial charge >= 0.3 is 6.18 Å². The van der Waals surface area contributed by atoms with Gasteiger partial charge in [-0.1, -0.05) is 11.6 Å². The zero-order valence-electron chi connectivity index (χ0n) is 11.2. The van der Waals surface area contributed by atoms with E-state index in [1.165, 1.54) is 21.3 Å². The van der Waals surface area contributed by atoms with Crippen LogP contribution in [0.1, 0.15) is 5.56 Å². The third kappa shape index (κ3) is 3.81. The fourth-order valence-electron chi connectivity index (χ4n) is 2.27. The Hall–Kier alpha value is -0.990. The van der Waals surface area contributed by atoms with Crippen molar-refractivity contribution in [3.8, 4) is 0 Å². The van der Waals surface area contributed by atoms with Crippen LogP contribution in [0.15, 0.2) is 18.2 Å². The van der Waals surface area contributed by atoms with E-state index in [1.54, 1.807) is 0 Å². The molecule has 0 radical (unpaired) electrons. The number of halogens is 4. The Labute approximate surface area is 126 Å². The summed E-state index contributed by atoms with van der Waals surface area (Å²) in [4.78, 5) is 1.53. The fraction of sp³-hybridized carbons (Fsp3) is 0.500. The van der Waals surface area contributed by atoms with Crippen LogP contribution in [0.4, 0.5) is 18.9 Å². The van der Waals surface area contributed by atoms with Gasteiger partial charge in [0.2, 0.25) is 10.0 Å². The second-order valence-electron chi connectivity index (χ2n) is 4.81. The zero-order chi connectivity index (χ0) is 15.8. The third-order valence-corrected chi connectivity index (χ3v) is 4.85. The maximum atomic E-state index is 13.1. The van der Waals surface area contributed by atoms with Gasteiger partial charge in [0.1, 0.15) is 0 Å². The van der Waals surface area contributed by atoms with Crippen LogP contribution < -0.4 is 4.90 Å². The largest absolute Gasteiger partial charge is 0.418 e. The van der Waals surface area contributed by atoms with Gasteiger partial charge in [0.05, 0.1) is 11.8 Å². The smallest absolute Gasteiger partial charge is 0.368 e. The first-order valence-electron chi connectivity index (χ1n) is 6.16. The van der Waals surface area contributed by atoms with Crippen molar-refractivity contribution >= 4 is 27.3 Å². The van der Waals surface area contributed by atoms with Crippen LogP contribution in [0.2, 0.25) is 5.02 Å². The van der Waals surface area contributed by atoms with Crippen molar-refractivity contribution in [2.45, 2.75) is 6.18 Å². The Kier molecular flexibility index (Phi) is 4.41. The molecule has 0 atom stereocenters. The van der Waals surface area contributed by atoms with Gasteiger partial charge in [-0.3, -0.25) is 0 Å². The predicted molar refractivity (Wildman–Crippen MR) is 75.1 cm³/mol. The number of anilines is 1. The highest BCUT2D eigenvalue weighted by molar-refractivity contribution is 7.88. The summed E-state index contributed by atoms with van der Waals surface area (Å²) in [7, 11) is -3.31. The summed E-state index contributed by atoms with van der Waals surface area (Å²) in [5, 5.41) is 0.0147. The Morgan fingerprint density at radius 3 is 2.19 bits per heavy atom. The Balaban J connectivity index is 2.25. The second-order valence-corrected chi connectivity index (χ2v) is 7.23. The maximum absolute atomic E-state index is 13.1. The molecular formula is C12H14ClF3N2O2S. The minimum Gasteiger partial charge on any atom is -0.368 e. The molecular weight excluding hydrogens is 329 g/mol. The molecule has 1 aromatic rings. The van der Waals surface area contributed by atoms with Gasteiger partial charge in [-0.05, 0) is 18.2 Å². The van der Waals surface area contributed by atoms with Crippen molar-refractivity contribution in [2.75, 3.05) is 37.3 Å². The third-order valence-electron chi connectivity index (χ3n) is 3.31. The fourth-order valence-corrected chi connectivity index (χ4v) is 3.27. The maximum Gasteiger partial charge on any atom is 0.418 e. The minimum atomic E-state index is -4.51. The topological polar surface area (TPSA) is 40.6 Å². The molecule has 0 aromatic heterocycles. The quantitative estimate of drug-likeness (QED) is 0.829. The van der Waals surface area contributed by atoms with E-state index in [-0.39, 0.29) is 36.9 Å². The Bertz CT molecular complexity index is 626. The Morgan fingerprint density at radius 2 is 1.71 bits per heavy atom. The van der Waals surface area contributed by atoms with Crippen LogP contribution in [0.5, 0.6) is 0 Å². The lowest BCUT2D eigenvalue weighted by molar-refractivity contribution is -0.137. The molecule has 1 heterocycles. The van der Waals surface area contributed by atoms with Gasteiger partial charge in [0, 0.05) is 36.9 Å². The van der Waals surface area contributed by atoms with E-state index in [2.05, 4.69) is 0 Å². The normalized spacial score (nSPS) is 18.0. The van der Waals surface area contributed by atoms with Crippen LogP contribution >= 0.6 is 11.6 Å². The predicted octanol–water partition coefficient (Wildman–Crippen LogP) is 2.44. The summed E-state index contributed by atoms with van der Waals surface area (Å²) in [5.41, 5.74) is -0.775. The molecule has 0 N–H and O–H groups in total. The van der Waals surface area contributed by atoms with E-state index >= 15 is 0 Å². The first-order chi connectivity index (χ1) is 9.59. The lowest BCUT2D eigenvalue weighted by atomic mass is 10.1. The molecule has 0 unspecified atom stereocenters. The number of sulfonamides is 1. The van der Waals surface area contributed by atoms with Crippen LogP contribution in [-0.2, 0) is 16.2 Å². The molecule has 2 rings (SSSR count). The van der Waals surface area contributed by atoms with Gasteiger partial charge in [0.25, 0.3) is 0 Å². The van der Waals surface area contributed by atoms with E-state index in [0.717, 1.165) is 12.3 Å². The van der Waals surface area contributed by atoms with Crippen molar-refractivity contribution in [1.29, 1.82) is 0 Å². The summed E-state index contributed by atoms with van der Waals surface area (Å²) in [6, 6.07) is 3.61. The van der Waals surface area contributed by atoms with E-state index < -0.39 is 21.8 Å². The van der Waals surface area contributed by atoms with Crippen molar-refractivity contribution in [3.63, 3.8) is 0 Å². The van der Waals surface area contributed by atoms with E-state index in [4.69, 9.17) is 11.6 Å². The van der Waals surface area contributed by atoms with Gasteiger partial charge in [-0.2, -0.15) is 17.5 Å². The molecule has 1 fully saturated rings. The summed E-state index contributed by atoms with van der Waals surface area (Å²) >= 11 is 5.64. The number of alkyl halides is 3. The van der Waals surface area contributed by atoms with E-state index in [1.807, 2.05) is 0 Å². The molecule has 0 spiro atoms. The molecule has 1 aliphatic rings. The minimum absolute atomic E-state index is 0.0147.